The highest BCUT2D eigenvalue weighted by Gasteiger charge is 2.12. The summed E-state index contributed by atoms with van der Waals surface area (Å²) >= 11 is 1.34. The van der Waals surface area contributed by atoms with Gasteiger partial charge in [0.1, 0.15) is 16.4 Å². The van der Waals surface area contributed by atoms with Gasteiger partial charge in [0, 0.05) is 11.6 Å². The van der Waals surface area contributed by atoms with Crippen LogP contribution in [0.5, 0.6) is 11.5 Å². The number of ether oxygens (including phenoxy) is 2. The molecule has 0 atom stereocenters. The van der Waals surface area contributed by atoms with Gasteiger partial charge in [-0.15, -0.1) is 11.3 Å². The molecule has 1 heterocycles. The average Bonchev–Trinajstić information content (AvgIpc) is 2.86. The van der Waals surface area contributed by atoms with Gasteiger partial charge in [0.05, 0.1) is 31.1 Å². The molecule has 2 rings (SSSR count). The number of hydrogen-bond donors (Lipinski definition) is 1. The summed E-state index contributed by atoms with van der Waals surface area (Å²) in [6.07, 6.45) is 1.53. The Morgan fingerprint density at radius 3 is 2.68 bits per heavy atom. The maximum atomic E-state index is 12.0. The van der Waals surface area contributed by atoms with E-state index in [1.165, 1.54) is 17.6 Å². The fraction of sp³-hybridized carbons (Fsp3) is 0.267. The zero-order valence-electron chi connectivity index (χ0n) is 12.8. The van der Waals surface area contributed by atoms with Crippen molar-refractivity contribution in [2.75, 3.05) is 14.2 Å². The molecule has 0 aliphatic rings. The van der Waals surface area contributed by atoms with E-state index in [4.69, 9.17) is 9.47 Å². The maximum Gasteiger partial charge on any atom is 0.283 e. The van der Waals surface area contributed by atoms with Gasteiger partial charge in [-0.25, -0.2) is 10.4 Å². The van der Waals surface area contributed by atoms with Gasteiger partial charge in [-0.1, -0.05) is 0 Å². The molecule has 0 bridgehead atoms. The summed E-state index contributed by atoms with van der Waals surface area (Å²) in [7, 11) is 3.15. The second-order valence-electron chi connectivity index (χ2n) is 4.45. The molecule has 7 heteroatoms. The van der Waals surface area contributed by atoms with Gasteiger partial charge in [-0.05, 0) is 26.0 Å². The van der Waals surface area contributed by atoms with Crippen molar-refractivity contribution in [3.63, 3.8) is 0 Å². The van der Waals surface area contributed by atoms with Crippen LogP contribution in [0.15, 0.2) is 23.3 Å². The number of nitrogens with one attached hydrogen (secondary N) is 1. The standard InChI is InChI=1S/C15H17N3O3S/c1-9-14(22-10(2)17-9)15(19)18-16-8-11-5-6-12(20-3)7-13(11)21-4/h5-8H,1-4H3,(H,18,19)/b16-8+. The van der Waals surface area contributed by atoms with E-state index in [1.54, 1.807) is 39.3 Å². The first-order chi connectivity index (χ1) is 10.5. The molecular weight excluding hydrogens is 302 g/mol. The van der Waals surface area contributed by atoms with Crippen LogP contribution in [-0.2, 0) is 0 Å². The number of benzene rings is 1. The molecule has 0 saturated carbocycles. The monoisotopic (exact) mass is 319 g/mol. The minimum absolute atomic E-state index is 0.271. The summed E-state index contributed by atoms with van der Waals surface area (Å²) in [6, 6.07) is 5.34. The second-order valence-corrected chi connectivity index (χ2v) is 5.66. The third-order valence-corrected chi connectivity index (χ3v) is 3.99. The molecule has 0 fully saturated rings. The lowest BCUT2D eigenvalue weighted by atomic mass is 10.2. The molecule has 0 aliphatic heterocycles. The molecule has 1 N–H and O–H groups in total. The molecule has 6 nitrogen and oxygen atoms in total. The van der Waals surface area contributed by atoms with E-state index in [-0.39, 0.29) is 5.91 Å². The van der Waals surface area contributed by atoms with Crippen LogP contribution < -0.4 is 14.9 Å². The maximum absolute atomic E-state index is 12.0. The Morgan fingerprint density at radius 1 is 1.32 bits per heavy atom. The lowest BCUT2D eigenvalue weighted by molar-refractivity contribution is 0.0958. The van der Waals surface area contributed by atoms with E-state index >= 15 is 0 Å². The van der Waals surface area contributed by atoms with E-state index in [9.17, 15) is 4.79 Å². The largest absolute Gasteiger partial charge is 0.497 e. The van der Waals surface area contributed by atoms with Gasteiger partial charge in [0.25, 0.3) is 5.91 Å². The zero-order chi connectivity index (χ0) is 16.1. The van der Waals surface area contributed by atoms with Crippen molar-refractivity contribution in [3.05, 3.63) is 39.3 Å². The quantitative estimate of drug-likeness (QED) is 0.679. The van der Waals surface area contributed by atoms with Crippen LogP contribution in [-0.4, -0.2) is 31.3 Å². The predicted molar refractivity (Wildman–Crippen MR) is 86.2 cm³/mol. The summed E-state index contributed by atoms with van der Waals surface area (Å²) in [6.45, 7) is 3.66. The first kappa shape index (κ1) is 16.0. The highest BCUT2D eigenvalue weighted by atomic mass is 32.1. The van der Waals surface area contributed by atoms with Crippen molar-refractivity contribution in [2.45, 2.75) is 13.8 Å². The number of hydrogen-bond acceptors (Lipinski definition) is 6. The van der Waals surface area contributed by atoms with Gasteiger partial charge < -0.3 is 9.47 Å². The molecule has 2 aromatic rings. The van der Waals surface area contributed by atoms with Crippen LogP contribution >= 0.6 is 11.3 Å². The topological polar surface area (TPSA) is 72.8 Å². The van der Waals surface area contributed by atoms with Crippen molar-refractivity contribution >= 4 is 23.5 Å². The Morgan fingerprint density at radius 2 is 2.09 bits per heavy atom. The number of aryl methyl sites for hydroxylation is 2. The number of carbonyl (C=O) groups is 1. The molecule has 1 amide bonds. The highest BCUT2D eigenvalue weighted by molar-refractivity contribution is 7.13. The first-order valence-corrected chi connectivity index (χ1v) is 7.36. The average molecular weight is 319 g/mol. The van der Waals surface area contributed by atoms with Crippen molar-refractivity contribution in [1.82, 2.24) is 10.4 Å². The third kappa shape index (κ3) is 3.62. The van der Waals surface area contributed by atoms with E-state index in [1.807, 2.05) is 6.92 Å². The Bertz CT molecular complexity index is 710. The van der Waals surface area contributed by atoms with Crippen molar-refractivity contribution in [1.29, 1.82) is 0 Å². The molecule has 0 aliphatic carbocycles. The minimum Gasteiger partial charge on any atom is -0.497 e. The Kier molecular flexibility index (Phi) is 5.11. The first-order valence-electron chi connectivity index (χ1n) is 6.54. The summed E-state index contributed by atoms with van der Waals surface area (Å²) in [5.41, 5.74) is 3.94. The molecule has 0 unspecified atom stereocenters. The SMILES string of the molecule is COc1ccc(/C=N/NC(=O)c2sc(C)nc2C)c(OC)c1. The number of rotatable bonds is 5. The Hall–Kier alpha value is -2.41. The summed E-state index contributed by atoms with van der Waals surface area (Å²) in [4.78, 5) is 16.8. The number of nitrogens with zero attached hydrogens (tertiary/aromatic N) is 2. The van der Waals surface area contributed by atoms with Crippen LogP contribution in [0.3, 0.4) is 0 Å². The van der Waals surface area contributed by atoms with Crippen LogP contribution in [0.1, 0.15) is 25.9 Å². The van der Waals surface area contributed by atoms with Gasteiger partial charge in [-0.3, -0.25) is 4.79 Å². The second kappa shape index (κ2) is 7.04. The molecule has 1 aromatic carbocycles. The fourth-order valence-corrected chi connectivity index (χ4v) is 2.69. The van der Waals surface area contributed by atoms with Crippen LogP contribution in [0.25, 0.3) is 0 Å². The molecule has 22 heavy (non-hydrogen) atoms. The van der Waals surface area contributed by atoms with Gasteiger partial charge in [-0.2, -0.15) is 5.10 Å². The molecular formula is C15H17N3O3S. The molecule has 116 valence electrons. The number of aromatic nitrogens is 1. The molecule has 1 aromatic heterocycles. The summed E-state index contributed by atoms with van der Waals surface area (Å²) in [5.74, 6) is 1.03. The smallest absolute Gasteiger partial charge is 0.283 e. The number of thiazole rings is 1. The van der Waals surface area contributed by atoms with Crippen molar-refractivity contribution in [3.8, 4) is 11.5 Å². The van der Waals surface area contributed by atoms with Crippen LogP contribution in [0.4, 0.5) is 0 Å². The van der Waals surface area contributed by atoms with E-state index in [0.29, 0.717) is 22.1 Å². The third-order valence-electron chi connectivity index (χ3n) is 2.92. The van der Waals surface area contributed by atoms with E-state index in [2.05, 4.69) is 15.5 Å². The Labute approximate surface area is 132 Å². The van der Waals surface area contributed by atoms with Gasteiger partial charge in [0.2, 0.25) is 0 Å². The van der Waals surface area contributed by atoms with Crippen molar-refractivity contribution in [2.24, 2.45) is 5.10 Å². The number of methoxy groups -OCH3 is 2. The molecule has 0 saturated heterocycles. The molecule has 0 radical (unpaired) electrons. The number of amides is 1. The lowest BCUT2D eigenvalue weighted by Gasteiger charge is -2.06. The van der Waals surface area contributed by atoms with E-state index in [0.717, 1.165) is 10.6 Å². The summed E-state index contributed by atoms with van der Waals surface area (Å²) < 4.78 is 10.4. The highest BCUT2D eigenvalue weighted by Crippen LogP contribution is 2.23. The van der Waals surface area contributed by atoms with Crippen LogP contribution in [0.2, 0.25) is 0 Å². The van der Waals surface area contributed by atoms with Gasteiger partial charge >= 0.3 is 0 Å². The number of carbonyl (C=O) groups excluding carboxylic acids is 1. The summed E-state index contributed by atoms with van der Waals surface area (Å²) in [5, 5.41) is 4.82. The van der Waals surface area contributed by atoms with E-state index < -0.39 is 0 Å². The van der Waals surface area contributed by atoms with Crippen LogP contribution in [0, 0.1) is 13.8 Å². The van der Waals surface area contributed by atoms with Gasteiger partial charge in [0.15, 0.2) is 0 Å². The van der Waals surface area contributed by atoms with Crippen molar-refractivity contribution < 1.29 is 14.3 Å². The number of hydrazone groups is 1. The fourth-order valence-electron chi connectivity index (χ4n) is 1.88. The Balaban J connectivity index is 2.09. The minimum atomic E-state index is -0.271. The molecule has 0 spiro atoms. The lowest BCUT2D eigenvalue weighted by Crippen LogP contribution is -2.17. The normalized spacial score (nSPS) is 10.7. The predicted octanol–water partition coefficient (Wildman–Crippen LogP) is 2.54. The zero-order valence-corrected chi connectivity index (χ0v) is 13.7.